The van der Waals surface area contributed by atoms with Gasteiger partial charge < -0.3 is 5.32 Å². The molecule has 0 spiro atoms. The molecule has 0 aliphatic rings. The Balaban J connectivity index is 2.04. The van der Waals surface area contributed by atoms with E-state index in [1.807, 2.05) is 37.3 Å². The van der Waals surface area contributed by atoms with Crippen molar-refractivity contribution < 1.29 is 4.79 Å². The van der Waals surface area contributed by atoms with Gasteiger partial charge >= 0.3 is 0 Å². The molecule has 0 radical (unpaired) electrons. The highest BCUT2D eigenvalue weighted by molar-refractivity contribution is 6.30. The van der Waals surface area contributed by atoms with Crippen LogP contribution in [0.25, 0.3) is 0 Å². The second kappa shape index (κ2) is 5.69. The summed E-state index contributed by atoms with van der Waals surface area (Å²) in [6.45, 7) is 2.41. The first-order chi connectivity index (χ1) is 8.66. The maximum absolute atomic E-state index is 12.0. The lowest BCUT2D eigenvalue weighted by atomic mass is 10.1. The van der Waals surface area contributed by atoms with E-state index in [2.05, 4.69) is 5.32 Å². The number of carbonyl (C=O) groups is 1. The van der Waals surface area contributed by atoms with E-state index < -0.39 is 0 Å². The van der Waals surface area contributed by atoms with Crippen molar-refractivity contribution in [1.29, 1.82) is 0 Å². The van der Waals surface area contributed by atoms with Gasteiger partial charge in [0.1, 0.15) is 0 Å². The van der Waals surface area contributed by atoms with Crippen LogP contribution < -0.4 is 5.32 Å². The number of benzene rings is 2. The minimum atomic E-state index is -0.0759. The van der Waals surface area contributed by atoms with Gasteiger partial charge in [-0.15, -0.1) is 0 Å². The Morgan fingerprint density at radius 3 is 2.56 bits per heavy atom. The summed E-state index contributed by atoms with van der Waals surface area (Å²) in [6.07, 6.45) is 0. The lowest BCUT2D eigenvalue weighted by molar-refractivity contribution is 0.0950. The van der Waals surface area contributed by atoms with Gasteiger partial charge in [-0.1, -0.05) is 41.9 Å². The molecule has 0 aromatic heterocycles. The number of hydrogen-bond acceptors (Lipinski definition) is 1. The third-order valence-electron chi connectivity index (χ3n) is 2.73. The molecular formula is C15H14ClNO. The van der Waals surface area contributed by atoms with E-state index in [1.165, 1.54) is 0 Å². The number of nitrogens with one attached hydrogen (secondary N) is 1. The maximum Gasteiger partial charge on any atom is 0.251 e. The molecule has 2 aromatic carbocycles. The average molecular weight is 260 g/mol. The molecule has 3 heteroatoms. The minimum absolute atomic E-state index is 0.0759. The van der Waals surface area contributed by atoms with Crippen LogP contribution in [-0.4, -0.2) is 5.91 Å². The maximum atomic E-state index is 12.0. The fraction of sp³-hybridized carbons (Fsp3) is 0.133. The Bertz CT molecular complexity index is 552. The molecule has 0 atom stereocenters. The first-order valence-corrected chi connectivity index (χ1v) is 6.13. The van der Waals surface area contributed by atoms with E-state index in [9.17, 15) is 4.79 Å². The third kappa shape index (κ3) is 3.11. The van der Waals surface area contributed by atoms with Crippen molar-refractivity contribution >= 4 is 17.5 Å². The summed E-state index contributed by atoms with van der Waals surface area (Å²) < 4.78 is 0. The van der Waals surface area contributed by atoms with Crippen LogP contribution >= 0.6 is 11.6 Å². The highest BCUT2D eigenvalue weighted by atomic mass is 35.5. The molecule has 0 bridgehead atoms. The topological polar surface area (TPSA) is 29.1 Å². The number of aryl methyl sites for hydroxylation is 1. The van der Waals surface area contributed by atoms with Crippen LogP contribution in [-0.2, 0) is 6.54 Å². The van der Waals surface area contributed by atoms with Gasteiger partial charge in [-0.05, 0) is 36.2 Å². The molecule has 0 heterocycles. The molecule has 0 saturated heterocycles. The Morgan fingerprint density at radius 1 is 1.17 bits per heavy atom. The summed E-state index contributed by atoms with van der Waals surface area (Å²) in [4.78, 5) is 12.0. The summed E-state index contributed by atoms with van der Waals surface area (Å²) in [5.74, 6) is -0.0759. The SMILES string of the molecule is Cc1cc(Cl)ccc1C(=O)NCc1ccccc1. The summed E-state index contributed by atoms with van der Waals surface area (Å²) >= 11 is 5.86. The zero-order valence-corrected chi connectivity index (χ0v) is 10.9. The number of rotatable bonds is 3. The van der Waals surface area contributed by atoms with E-state index in [-0.39, 0.29) is 5.91 Å². The van der Waals surface area contributed by atoms with E-state index in [0.717, 1.165) is 11.1 Å². The van der Waals surface area contributed by atoms with Crippen LogP contribution in [0.1, 0.15) is 21.5 Å². The van der Waals surface area contributed by atoms with Crippen LogP contribution in [0.3, 0.4) is 0 Å². The Hall–Kier alpha value is -1.80. The average Bonchev–Trinajstić information content (AvgIpc) is 2.37. The molecule has 2 aromatic rings. The van der Waals surface area contributed by atoms with E-state index in [0.29, 0.717) is 17.1 Å². The van der Waals surface area contributed by atoms with Crippen molar-refractivity contribution in [1.82, 2.24) is 5.32 Å². The molecule has 0 saturated carbocycles. The van der Waals surface area contributed by atoms with Crippen LogP contribution in [0.15, 0.2) is 48.5 Å². The zero-order chi connectivity index (χ0) is 13.0. The third-order valence-corrected chi connectivity index (χ3v) is 2.96. The molecule has 18 heavy (non-hydrogen) atoms. The second-order valence-electron chi connectivity index (χ2n) is 4.13. The summed E-state index contributed by atoms with van der Waals surface area (Å²) in [5.41, 5.74) is 2.63. The normalized spacial score (nSPS) is 10.1. The Morgan fingerprint density at radius 2 is 1.89 bits per heavy atom. The molecule has 1 N–H and O–H groups in total. The molecule has 0 aliphatic heterocycles. The predicted molar refractivity (Wildman–Crippen MR) is 73.8 cm³/mol. The number of halogens is 1. The second-order valence-corrected chi connectivity index (χ2v) is 4.56. The van der Waals surface area contributed by atoms with Crippen molar-refractivity contribution in [3.05, 3.63) is 70.2 Å². The smallest absolute Gasteiger partial charge is 0.251 e. The van der Waals surface area contributed by atoms with Gasteiger partial charge in [0.15, 0.2) is 0 Å². The van der Waals surface area contributed by atoms with Crippen LogP contribution in [0.2, 0.25) is 5.02 Å². The number of hydrogen-bond donors (Lipinski definition) is 1. The molecule has 2 rings (SSSR count). The van der Waals surface area contributed by atoms with Crippen molar-refractivity contribution in [3.8, 4) is 0 Å². The standard InChI is InChI=1S/C15H14ClNO/c1-11-9-13(16)7-8-14(11)15(18)17-10-12-5-3-2-4-6-12/h2-9H,10H2,1H3,(H,17,18). The lowest BCUT2D eigenvalue weighted by Gasteiger charge is -2.08. The quantitative estimate of drug-likeness (QED) is 0.897. The highest BCUT2D eigenvalue weighted by Gasteiger charge is 2.08. The van der Waals surface area contributed by atoms with Gasteiger partial charge in [-0.3, -0.25) is 4.79 Å². The largest absolute Gasteiger partial charge is 0.348 e. The van der Waals surface area contributed by atoms with Crippen molar-refractivity contribution in [2.45, 2.75) is 13.5 Å². The summed E-state index contributed by atoms with van der Waals surface area (Å²) in [6, 6.07) is 15.1. The minimum Gasteiger partial charge on any atom is -0.348 e. The van der Waals surface area contributed by atoms with Gasteiger partial charge in [-0.2, -0.15) is 0 Å². The fourth-order valence-electron chi connectivity index (χ4n) is 1.76. The van der Waals surface area contributed by atoms with Gasteiger partial charge in [0.05, 0.1) is 0 Å². The fourth-order valence-corrected chi connectivity index (χ4v) is 1.98. The molecule has 2 nitrogen and oxygen atoms in total. The number of amides is 1. The monoisotopic (exact) mass is 259 g/mol. The Kier molecular flexibility index (Phi) is 4.00. The van der Waals surface area contributed by atoms with Gasteiger partial charge in [0, 0.05) is 17.1 Å². The van der Waals surface area contributed by atoms with E-state index in [1.54, 1.807) is 18.2 Å². The molecule has 1 amide bonds. The van der Waals surface area contributed by atoms with Gasteiger partial charge in [0.25, 0.3) is 5.91 Å². The molecule has 0 aliphatic carbocycles. The van der Waals surface area contributed by atoms with E-state index in [4.69, 9.17) is 11.6 Å². The summed E-state index contributed by atoms with van der Waals surface area (Å²) in [7, 11) is 0. The van der Waals surface area contributed by atoms with Crippen LogP contribution in [0.4, 0.5) is 0 Å². The molecule has 0 unspecified atom stereocenters. The molecule has 92 valence electrons. The first-order valence-electron chi connectivity index (χ1n) is 5.75. The van der Waals surface area contributed by atoms with Crippen molar-refractivity contribution in [2.75, 3.05) is 0 Å². The summed E-state index contributed by atoms with van der Waals surface area (Å²) in [5, 5.41) is 3.54. The molecular weight excluding hydrogens is 246 g/mol. The van der Waals surface area contributed by atoms with Gasteiger partial charge in [-0.25, -0.2) is 0 Å². The van der Waals surface area contributed by atoms with Crippen LogP contribution in [0, 0.1) is 6.92 Å². The van der Waals surface area contributed by atoms with Gasteiger partial charge in [0.2, 0.25) is 0 Å². The first kappa shape index (κ1) is 12.7. The predicted octanol–water partition coefficient (Wildman–Crippen LogP) is 3.58. The van der Waals surface area contributed by atoms with Crippen molar-refractivity contribution in [2.24, 2.45) is 0 Å². The van der Waals surface area contributed by atoms with Crippen molar-refractivity contribution in [3.63, 3.8) is 0 Å². The van der Waals surface area contributed by atoms with Crippen LogP contribution in [0.5, 0.6) is 0 Å². The molecule has 0 fully saturated rings. The van der Waals surface area contributed by atoms with E-state index >= 15 is 0 Å². The highest BCUT2D eigenvalue weighted by Crippen LogP contribution is 2.15. The lowest BCUT2D eigenvalue weighted by Crippen LogP contribution is -2.23. The zero-order valence-electron chi connectivity index (χ0n) is 10.1. The number of carbonyl (C=O) groups excluding carboxylic acids is 1. The Labute approximate surface area is 112 Å².